The average Bonchev–Trinajstić information content (AvgIpc) is 2.75. The van der Waals surface area contributed by atoms with Gasteiger partial charge in [-0.05, 0) is 12.5 Å². The second-order valence-corrected chi connectivity index (χ2v) is 7.83. The van der Waals surface area contributed by atoms with Gasteiger partial charge in [0, 0.05) is 78.9 Å². The highest BCUT2D eigenvalue weighted by molar-refractivity contribution is 5.80. The molecule has 2 fully saturated rings. The van der Waals surface area contributed by atoms with Gasteiger partial charge in [0.2, 0.25) is 5.91 Å². The van der Waals surface area contributed by atoms with Crippen molar-refractivity contribution in [3.63, 3.8) is 0 Å². The van der Waals surface area contributed by atoms with E-state index in [-0.39, 0.29) is 5.91 Å². The minimum absolute atomic E-state index is 0.165. The highest BCUT2D eigenvalue weighted by Gasteiger charge is 2.21. The molecule has 1 N–H and O–H groups in total. The summed E-state index contributed by atoms with van der Waals surface area (Å²) in [6.07, 6.45) is 0. The summed E-state index contributed by atoms with van der Waals surface area (Å²) >= 11 is 0. The van der Waals surface area contributed by atoms with Gasteiger partial charge in [0.1, 0.15) is 0 Å². The Kier molecular flexibility index (Phi) is 8.31. The maximum Gasteiger partial charge on any atom is 0.219 e. The minimum atomic E-state index is 0.165. The number of piperazine rings is 2. The van der Waals surface area contributed by atoms with Crippen molar-refractivity contribution in [1.29, 1.82) is 0 Å². The quantitative estimate of drug-likeness (QED) is 0.569. The molecule has 0 aliphatic carbocycles. The molecule has 2 aliphatic heterocycles. The molecule has 0 unspecified atom stereocenters. The van der Waals surface area contributed by atoms with Crippen molar-refractivity contribution in [1.82, 2.24) is 24.9 Å². The fraction of sp³-hybridized carbons (Fsp3) is 0.636. The smallest absolute Gasteiger partial charge is 0.219 e. The van der Waals surface area contributed by atoms with Gasteiger partial charge in [-0.15, -0.1) is 0 Å². The second-order valence-electron chi connectivity index (χ2n) is 7.83. The van der Waals surface area contributed by atoms with Crippen LogP contribution >= 0.6 is 0 Å². The Bertz CT molecular complexity index is 649. The van der Waals surface area contributed by atoms with Crippen molar-refractivity contribution in [2.24, 2.45) is 4.99 Å². The Morgan fingerprint density at radius 3 is 2.17 bits per heavy atom. The SMILES string of the molecule is CCNC(=NCCN1CCN(Cc2ccccc2)CC1)N1CCN(C(C)=O)CC1. The molecule has 160 valence electrons. The average molecular weight is 401 g/mol. The number of hydrogen-bond donors (Lipinski definition) is 1. The number of benzene rings is 1. The molecule has 2 aliphatic rings. The van der Waals surface area contributed by atoms with Crippen LogP contribution in [-0.4, -0.2) is 103 Å². The zero-order valence-electron chi connectivity index (χ0n) is 18.0. The Morgan fingerprint density at radius 2 is 1.55 bits per heavy atom. The van der Waals surface area contributed by atoms with Crippen molar-refractivity contribution in [2.45, 2.75) is 20.4 Å². The lowest BCUT2D eigenvalue weighted by Gasteiger charge is -2.36. The van der Waals surface area contributed by atoms with E-state index in [0.717, 1.165) is 84.5 Å². The van der Waals surface area contributed by atoms with E-state index < -0.39 is 0 Å². The van der Waals surface area contributed by atoms with Crippen LogP contribution in [0.25, 0.3) is 0 Å². The summed E-state index contributed by atoms with van der Waals surface area (Å²) in [4.78, 5) is 25.6. The van der Waals surface area contributed by atoms with Gasteiger partial charge in [0.05, 0.1) is 6.54 Å². The Hall–Kier alpha value is -2.12. The topological polar surface area (TPSA) is 54.4 Å². The van der Waals surface area contributed by atoms with Crippen LogP contribution in [-0.2, 0) is 11.3 Å². The molecule has 2 heterocycles. The van der Waals surface area contributed by atoms with E-state index in [0.29, 0.717) is 0 Å². The molecular weight excluding hydrogens is 364 g/mol. The van der Waals surface area contributed by atoms with Crippen molar-refractivity contribution in [3.05, 3.63) is 35.9 Å². The van der Waals surface area contributed by atoms with E-state index in [1.807, 2.05) is 4.90 Å². The summed E-state index contributed by atoms with van der Waals surface area (Å²) in [5.41, 5.74) is 1.39. The van der Waals surface area contributed by atoms with E-state index in [1.165, 1.54) is 5.56 Å². The molecular formula is C22H36N6O. The highest BCUT2D eigenvalue weighted by atomic mass is 16.2. The fourth-order valence-corrected chi connectivity index (χ4v) is 3.97. The maximum atomic E-state index is 11.5. The molecule has 0 saturated carbocycles. The van der Waals surface area contributed by atoms with Crippen LogP contribution in [0.3, 0.4) is 0 Å². The van der Waals surface area contributed by atoms with Gasteiger partial charge in [0.15, 0.2) is 5.96 Å². The van der Waals surface area contributed by atoms with Gasteiger partial charge in [-0.25, -0.2) is 0 Å². The zero-order chi connectivity index (χ0) is 20.5. The Labute approximate surface area is 175 Å². The maximum absolute atomic E-state index is 11.5. The number of nitrogens with one attached hydrogen (secondary N) is 1. The molecule has 7 nitrogen and oxygen atoms in total. The Morgan fingerprint density at radius 1 is 0.931 bits per heavy atom. The fourth-order valence-electron chi connectivity index (χ4n) is 3.97. The molecule has 0 atom stereocenters. The third-order valence-electron chi connectivity index (χ3n) is 5.75. The number of aliphatic imine (C=N–C) groups is 1. The largest absolute Gasteiger partial charge is 0.357 e. The monoisotopic (exact) mass is 400 g/mol. The molecule has 1 aromatic carbocycles. The Balaban J connectivity index is 1.40. The highest BCUT2D eigenvalue weighted by Crippen LogP contribution is 2.08. The van der Waals surface area contributed by atoms with Gasteiger partial charge < -0.3 is 15.1 Å². The molecule has 0 bridgehead atoms. The number of nitrogens with zero attached hydrogens (tertiary/aromatic N) is 5. The second kappa shape index (κ2) is 11.2. The van der Waals surface area contributed by atoms with Gasteiger partial charge in [-0.2, -0.15) is 0 Å². The third kappa shape index (κ3) is 6.72. The first kappa shape index (κ1) is 21.6. The number of rotatable bonds is 6. The lowest BCUT2D eigenvalue weighted by atomic mass is 10.2. The van der Waals surface area contributed by atoms with Crippen LogP contribution in [0.5, 0.6) is 0 Å². The van der Waals surface area contributed by atoms with Crippen LogP contribution in [0.2, 0.25) is 0 Å². The zero-order valence-corrected chi connectivity index (χ0v) is 18.0. The van der Waals surface area contributed by atoms with E-state index in [2.05, 4.69) is 57.3 Å². The summed E-state index contributed by atoms with van der Waals surface area (Å²) in [6.45, 7) is 15.2. The number of amides is 1. The molecule has 1 amide bonds. The molecule has 0 aromatic heterocycles. The standard InChI is InChI=1S/C22H36N6O/c1-3-23-22(28-17-15-27(16-18-28)20(2)29)24-9-10-25-11-13-26(14-12-25)19-21-7-5-4-6-8-21/h4-8H,3,9-19H2,1-2H3,(H,23,24). The van der Waals surface area contributed by atoms with E-state index >= 15 is 0 Å². The van der Waals surface area contributed by atoms with Gasteiger partial charge in [0.25, 0.3) is 0 Å². The number of carbonyl (C=O) groups excluding carboxylic acids is 1. The lowest BCUT2D eigenvalue weighted by Crippen LogP contribution is -2.53. The summed E-state index contributed by atoms with van der Waals surface area (Å²) in [6, 6.07) is 10.7. The van der Waals surface area contributed by atoms with Crippen LogP contribution in [0.4, 0.5) is 0 Å². The summed E-state index contributed by atoms with van der Waals surface area (Å²) in [7, 11) is 0. The van der Waals surface area contributed by atoms with Crippen molar-refractivity contribution in [2.75, 3.05) is 72.0 Å². The normalized spacial score (nSPS) is 19.4. The predicted molar refractivity (Wildman–Crippen MR) is 118 cm³/mol. The van der Waals surface area contributed by atoms with Crippen molar-refractivity contribution >= 4 is 11.9 Å². The van der Waals surface area contributed by atoms with E-state index in [9.17, 15) is 4.79 Å². The van der Waals surface area contributed by atoms with E-state index in [1.54, 1.807) is 6.92 Å². The van der Waals surface area contributed by atoms with Crippen molar-refractivity contribution in [3.8, 4) is 0 Å². The third-order valence-corrected chi connectivity index (χ3v) is 5.75. The first-order chi connectivity index (χ1) is 14.2. The minimum Gasteiger partial charge on any atom is -0.357 e. The lowest BCUT2D eigenvalue weighted by molar-refractivity contribution is -0.130. The molecule has 7 heteroatoms. The van der Waals surface area contributed by atoms with Crippen LogP contribution in [0.15, 0.2) is 35.3 Å². The van der Waals surface area contributed by atoms with Crippen LogP contribution in [0, 0.1) is 0 Å². The summed E-state index contributed by atoms with van der Waals surface area (Å²) < 4.78 is 0. The van der Waals surface area contributed by atoms with Gasteiger partial charge >= 0.3 is 0 Å². The number of carbonyl (C=O) groups is 1. The number of guanidine groups is 1. The summed E-state index contributed by atoms with van der Waals surface area (Å²) in [5.74, 6) is 1.15. The van der Waals surface area contributed by atoms with Gasteiger partial charge in [-0.1, -0.05) is 30.3 Å². The molecule has 0 radical (unpaired) electrons. The molecule has 3 rings (SSSR count). The molecule has 1 aromatic rings. The molecule has 0 spiro atoms. The van der Waals surface area contributed by atoms with Crippen LogP contribution < -0.4 is 5.32 Å². The first-order valence-electron chi connectivity index (χ1n) is 10.9. The molecule has 2 saturated heterocycles. The first-order valence-corrected chi connectivity index (χ1v) is 10.9. The van der Waals surface area contributed by atoms with Gasteiger partial charge in [-0.3, -0.25) is 19.6 Å². The number of hydrogen-bond acceptors (Lipinski definition) is 4. The summed E-state index contributed by atoms with van der Waals surface area (Å²) in [5, 5.41) is 3.41. The van der Waals surface area contributed by atoms with Crippen molar-refractivity contribution < 1.29 is 4.79 Å². The van der Waals surface area contributed by atoms with E-state index in [4.69, 9.17) is 4.99 Å². The van der Waals surface area contributed by atoms with Crippen LogP contribution in [0.1, 0.15) is 19.4 Å². The predicted octanol–water partition coefficient (Wildman–Crippen LogP) is 0.934. The molecule has 29 heavy (non-hydrogen) atoms.